The monoisotopic (exact) mass is 400 g/mol. The fourth-order valence-corrected chi connectivity index (χ4v) is 3.24. The summed E-state index contributed by atoms with van der Waals surface area (Å²) in [6.45, 7) is 4.77. The summed E-state index contributed by atoms with van der Waals surface area (Å²) in [5, 5.41) is 6.64. The number of rotatable bonds is 10. The number of hydrogen-bond acceptors (Lipinski definition) is 4. The molecule has 1 aromatic heterocycles. The van der Waals surface area contributed by atoms with Gasteiger partial charge in [0, 0.05) is 37.4 Å². The van der Waals surface area contributed by atoms with Gasteiger partial charge in [-0.25, -0.2) is 14.4 Å². The van der Waals surface area contributed by atoms with Crippen molar-refractivity contribution in [2.45, 2.75) is 31.7 Å². The minimum atomic E-state index is -0.149. The van der Waals surface area contributed by atoms with Gasteiger partial charge in [0.25, 0.3) is 0 Å². The summed E-state index contributed by atoms with van der Waals surface area (Å²) in [6.07, 6.45) is 3.64. The molecule has 156 valence electrons. The lowest BCUT2D eigenvalue weighted by Gasteiger charge is -2.19. The molecule has 1 aromatic carbocycles. The number of halogens is 1. The van der Waals surface area contributed by atoms with Crippen molar-refractivity contribution in [2.75, 3.05) is 33.4 Å². The topological polar surface area (TPSA) is 67.8 Å². The smallest absolute Gasteiger partial charge is 0.218 e. The Labute approximate surface area is 171 Å². The van der Waals surface area contributed by atoms with Crippen LogP contribution in [0.3, 0.4) is 0 Å². The van der Waals surface area contributed by atoms with Crippen molar-refractivity contribution in [3.05, 3.63) is 59.5 Å². The number of nitrogens with zero attached hydrogens (tertiary/aromatic N) is 2. The zero-order valence-corrected chi connectivity index (χ0v) is 17.1. The molecule has 1 aliphatic carbocycles. The lowest BCUT2D eigenvalue weighted by atomic mass is 9.95. The molecule has 6 nitrogen and oxygen atoms in total. The molecule has 0 aliphatic heterocycles. The van der Waals surface area contributed by atoms with Gasteiger partial charge in [0.1, 0.15) is 12.4 Å². The van der Waals surface area contributed by atoms with Gasteiger partial charge in [-0.3, -0.25) is 0 Å². The van der Waals surface area contributed by atoms with E-state index in [1.165, 1.54) is 6.07 Å². The van der Waals surface area contributed by atoms with Crippen LogP contribution in [0.15, 0.2) is 47.6 Å². The molecule has 2 aromatic rings. The van der Waals surface area contributed by atoms with E-state index < -0.39 is 0 Å². The van der Waals surface area contributed by atoms with Crippen LogP contribution in [0, 0.1) is 5.82 Å². The van der Waals surface area contributed by atoms with Crippen LogP contribution in [0.4, 0.5) is 4.39 Å². The molecule has 1 aliphatic rings. The number of nitrogens with one attached hydrogen (secondary N) is 2. The highest BCUT2D eigenvalue weighted by Gasteiger charge is 2.45. The van der Waals surface area contributed by atoms with Crippen molar-refractivity contribution in [1.29, 1.82) is 0 Å². The van der Waals surface area contributed by atoms with Gasteiger partial charge in [0.15, 0.2) is 5.96 Å². The van der Waals surface area contributed by atoms with Crippen LogP contribution in [0.2, 0.25) is 0 Å². The highest BCUT2D eigenvalue weighted by Crippen LogP contribution is 2.48. The fourth-order valence-electron chi connectivity index (χ4n) is 3.24. The molecule has 1 fully saturated rings. The third-order valence-corrected chi connectivity index (χ3v) is 5.02. The first kappa shape index (κ1) is 21.0. The standard InChI is InChI=1S/C22H29FN4O2/c1-3-24-21(26-15-17-7-6-12-25-20(17)29-14-13-28-2)27-16-22(10-11-22)18-8-4-5-9-19(18)23/h4-9,12H,3,10-11,13-16H2,1-2H3,(H2,24,26,27). The summed E-state index contributed by atoms with van der Waals surface area (Å²) < 4.78 is 24.9. The van der Waals surface area contributed by atoms with E-state index in [2.05, 4.69) is 20.6 Å². The Morgan fingerprint density at radius 1 is 1.17 bits per heavy atom. The summed E-state index contributed by atoms with van der Waals surface area (Å²) in [6, 6.07) is 10.9. The van der Waals surface area contributed by atoms with Crippen LogP contribution in [0.5, 0.6) is 5.88 Å². The second-order valence-corrected chi connectivity index (χ2v) is 7.12. The van der Waals surface area contributed by atoms with Gasteiger partial charge in [0.05, 0.1) is 13.2 Å². The van der Waals surface area contributed by atoms with E-state index in [0.29, 0.717) is 38.1 Å². The van der Waals surface area contributed by atoms with E-state index in [1.807, 2.05) is 31.2 Å². The lowest BCUT2D eigenvalue weighted by molar-refractivity contribution is 0.143. The summed E-state index contributed by atoms with van der Waals surface area (Å²) in [5.74, 6) is 1.12. The van der Waals surface area contributed by atoms with E-state index in [4.69, 9.17) is 9.47 Å². The predicted octanol–water partition coefficient (Wildman–Crippen LogP) is 3.03. The molecule has 3 rings (SSSR count). The number of hydrogen-bond donors (Lipinski definition) is 2. The average Bonchev–Trinajstić information content (AvgIpc) is 3.52. The quantitative estimate of drug-likeness (QED) is 0.365. The molecule has 0 bridgehead atoms. The first-order valence-electron chi connectivity index (χ1n) is 10.0. The summed E-state index contributed by atoms with van der Waals surface area (Å²) in [5.41, 5.74) is 1.53. The SMILES string of the molecule is CCNC(=NCc1cccnc1OCCOC)NCC1(c2ccccc2F)CC1. The first-order chi connectivity index (χ1) is 14.2. The van der Waals surface area contributed by atoms with Crippen LogP contribution in [0.25, 0.3) is 0 Å². The van der Waals surface area contributed by atoms with Crippen molar-refractivity contribution in [1.82, 2.24) is 15.6 Å². The van der Waals surface area contributed by atoms with Crippen LogP contribution in [-0.4, -0.2) is 44.4 Å². The molecular formula is C22H29FN4O2. The van der Waals surface area contributed by atoms with Crippen molar-refractivity contribution < 1.29 is 13.9 Å². The molecule has 0 radical (unpaired) electrons. The van der Waals surface area contributed by atoms with Crippen molar-refractivity contribution in [3.8, 4) is 5.88 Å². The number of pyridine rings is 1. The molecule has 0 saturated heterocycles. The average molecular weight is 400 g/mol. The fraction of sp³-hybridized carbons (Fsp3) is 0.455. The second kappa shape index (κ2) is 10.2. The number of benzene rings is 1. The Bertz CT molecular complexity index is 824. The molecule has 2 N–H and O–H groups in total. The third-order valence-electron chi connectivity index (χ3n) is 5.02. The van der Waals surface area contributed by atoms with Gasteiger partial charge in [-0.05, 0) is 37.5 Å². The maximum atomic E-state index is 14.2. The molecular weight excluding hydrogens is 371 g/mol. The molecule has 0 atom stereocenters. The Morgan fingerprint density at radius 3 is 2.72 bits per heavy atom. The highest BCUT2D eigenvalue weighted by atomic mass is 19.1. The van der Waals surface area contributed by atoms with Crippen LogP contribution >= 0.6 is 0 Å². The van der Waals surface area contributed by atoms with E-state index in [9.17, 15) is 4.39 Å². The van der Waals surface area contributed by atoms with E-state index in [-0.39, 0.29) is 11.2 Å². The lowest BCUT2D eigenvalue weighted by Crippen LogP contribution is -2.41. The van der Waals surface area contributed by atoms with Crippen LogP contribution in [0.1, 0.15) is 30.9 Å². The zero-order valence-electron chi connectivity index (χ0n) is 17.1. The summed E-state index contributed by atoms with van der Waals surface area (Å²) >= 11 is 0. The predicted molar refractivity (Wildman–Crippen MR) is 112 cm³/mol. The third kappa shape index (κ3) is 5.67. The highest BCUT2D eigenvalue weighted by molar-refractivity contribution is 5.80. The number of guanidine groups is 1. The largest absolute Gasteiger partial charge is 0.475 e. The molecule has 1 heterocycles. The molecule has 1 saturated carbocycles. The first-order valence-corrected chi connectivity index (χ1v) is 10.0. The number of aliphatic imine (C=N–C) groups is 1. The van der Waals surface area contributed by atoms with Crippen LogP contribution < -0.4 is 15.4 Å². The Balaban J connectivity index is 1.65. The van der Waals surface area contributed by atoms with Gasteiger partial charge < -0.3 is 20.1 Å². The molecule has 29 heavy (non-hydrogen) atoms. The van der Waals surface area contributed by atoms with Gasteiger partial charge in [0.2, 0.25) is 5.88 Å². The second-order valence-electron chi connectivity index (χ2n) is 7.12. The molecule has 0 spiro atoms. The van der Waals surface area contributed by atoms with Crippen LogP contribution in [-0.2, 0) is 16.7 Å². The molecule has 0 amide bonds. The number of methoxy groups -OCH3 is 1. The van der Waals surface area contributed by atoms with Crippen molar-refractivity contribution in [3.63, 3.8) is 0 Å². The minimum absolute atomic E-state index is 0.137. The molecule has 0 unspecified atom stereocenters. The van der Waals surface area contributed by atoms with E-state index in [0.717, 1.165) is 30.5 Å². The van der Waals surface area contributed by atoms with Gasteiger partial charge >= 0.3 is 0 Å². The number of aromatic nitrogens is 1. The molecule has 7 heteroatoms. The van der Waals surface area contributed by atoms with Crippen molar-refractivity contribution >= 4 is 5.96 Å². The van der Waals surface area contributed by atoms with Gasteiger partial charge in [-0.1, -0.05) is 24.3 Å². The Kier molecular flexibility index (Phi) is 7.41. The van der Waals surface area contributed by atoms with Gasteiger partial charge in [-0.2, -0.15) is 0 Å². The minimum Gasteiger partial charge on any atom is -0.475 e. The van der Waals surface area contributed by atoms with Crippen molar-refractivity contribution in [2.24, 2.45) is 4.99 Å². The summed E-state index contributed by atoms with van der Waals surface area (Å²) in [4.78, 5) is 8.96. The maximum Gasteiger partial charge on any atom is 0.218 e. The normalized spacial score (nSPS) is 15.1. The summed E-state index contributed by atoms with van der Waals surface area (Å²) in [7, 11) is 1.63. The maximum absolute atomic E-state index is 14.2. The van der Waals surface area contributed by atoms with E-state index >= 15 is 0 Å². The Hall–Kier alpha value is -2.67. The van der Waals surface area contributed by atoms with E-state index in [1.54, 1.807) is 19.4 Å². The number of ether oxygens (including phenoxy) is 2. The zero-order chi connectivity index (χ0) is 20.5. The van der Waals surface area contributed by atoms with Gasteiger partial charge in [-0.15, -0.1) is 0 Å². The Morgan fingerprint density at radius 2 is 2.00 bits per heavy atom.